The van der Waals surface area contributed by atoms with Gasteiger partial charge in [0.05, 0.1) is 0 Å². The predicted octanol–water partition coefficient (Wildman–Crippen LogP) is 4.80. The summed E-state index contributed by atoms with van der Waals surface area (Å²) in [5.41, 5.74) is 1.97. The second-order valence-electron chi connectivity index (χ2n) is 7.99. The average Bonchev–Trinajstić information content (AvgIpc) is 3.21. The quantitative estimate of drug-likeness (QED) is 0.615. The van der Waals surface area contributed by atoms with Gasteiger partial charge in [-0.25, -0.2) is 0 Å². The Balaban J connectivity index is 2.16. The molecule has 0 aliphatic carbocycles. The maximum Gasteiger partial charge on any atom is 0.280 e. The van der Waals surface area contributed by atoms with E-state index in [2.05, 4.69) is 14.9 Å². The fourth-order valence-corrected chi connectivity index (χ4v) is 3.53. The van der Waals surface area contributed by atoms with Gasteiger partial charge < -0.3 is 5.32 Å². The van der Waals surface area contributed by atoms with Crippen LogP contribution >= 0.6 is 23.1 Å². The number of amides is 2. The van der Waals surface area contributed by atoms with E-state index in [1.807, 2.05) is 52.0 Å². The lowest BCUT2D eigenvalue weighted by Crippen LogP contribution is -2.49. The van der Waals surface area contributed by atoms with Crippen LogP contribution in [-0.2, 0) is 4.79 Å². The first-order valence-corrected chi connectivity index (χ1v) is 10.6. The van der Waals surface area contributed by atoms with E-state index in [0.717, 1.165) is 17.1 Å². The molecule has 0 saturated heterocycles. The van der Waals surface area contributed by atoms with Gasteiger partial charge in [0.1, 0.15) is 6.04 Å². The van der Waals surface area contributed by atoms with E-state index in [-0.39, 0.29) is 11.6 Å². The third-order valence-corrected chi connectivity index (χ3v) is 5.06. The largest absolute Gasteiger partial charge is 0.349 e. The van der Waals surface area contributed by atoms with Crippen LogP contribution in [0.5, 0.6) is 0 Å². The van der Waals surface area contributed by atoms with Gasteiger partial charge in [-0.1, -0.05) is 45.9 Å². The molecule has 0 saturated carbocycles. The Hall–Kier alpha value is -2.77. The van der Waals surface area contributed by atoms with Crippen molar-refractivity contribution in [1.82, 2.24) is 14.9 Å². The third-order valence-electron chi connectivity index (χ3n) is 4.30. The summed E-state index contributed by atoms with van der Waals surface area (Å²) >= 11 is 7.15. The highest BCUT2D eigenvalue weighted by Gasteiger charge is 2.35. The fraction of sp³-hybridized carbons (Fsp3) is 0.273. The van der Waals surface area contributed by atoms with Crippen LogP contribution in [0.4, 0.5) is 5.69 Å². The van der Waals surface area contributed by atoms with E-state index in [1.54, 1.807) is 29.6 Å². The van der Waals surface area contributed by atoms with E-state index in [0.29, 0.717) is 16.3 Å². The van der Waals surface area contributed by atoms with Crippen molar-refractivity contribution in [2.75, 3.05) is 4.90 Å². The molecule has 1 N–H and O–H groups in total. The number of anilines is 1. The summed E-state index contributed by atoms with van der Waals surface area (Å²) in [5.74, 6) is -0.710. The number of carbonyl (C=O) groups excluding carboxylic acids is 2. The first-order valence-electron chi connectivity index (χ1n) is 9.40. The molecule has 3 rings (SSSR count). The highest BCUT2D eigenvalue weighted by Crippen LogP contribution is 2.31. The summed E-state index contributed by atoms with van der Waals surface area (Å²) in [5, 5.41) is 9.04. The zero-order chi connectivity index (χ0) is 21.9. The highest BCUT2D eigenvalue weighted by atomic mass is 35.5. The molecule has 0 fully saturated rings. The van der Waals surface area contributed by atoms with Crippen molar-refractivity contribution >= 4 is 40.6 Å². The lowest BCUT2D eigenvalue weighted by Gasteiger charge is -2.33. The molecule has 156 valence electrons. The minimum atomic E-state index is -0.918. The first kappa shape index (κ1) is 21.9. The smallest absolute Gasteiger partial charge is 0.280 e. The first-order chi connectivity index (χ1) is 14.2. The van der Waals surface area contributed by atoms with Gasteiger partial charge in [0.15, 0.2) is 5.69 Å². The zero-order valence-electron chi connectivity index (χ0n) is 17.2. The van der Waals surface area contributed by atoms with E-state index in [4.69, 9.17) is 11.6 Å². The molecule has 1 aromatic heterocycles. The Morgan fingerprint density at radius 2 is 1.70 bits per heavy atom. The van der Waals surface area contributed by atoms with E-state index in [9.17, 15) is 9.59 Å². The molecular weight excluding hydrogens is 420 g/mol. The Kier molecular flexibility index (Phi) is 6.53. The number of halogens is 1. The van der Waals surface area contributed by atoms with Crippen LogP contribution in [-0.4, -0.2) is 26.9 Å². The van der Waals surface area contributed by atoms with Crippen LogP contribution < -0.4 is 10.2 Å². The minimum absolute atomic E-state index is 0.183. The minimum Gasteiger partial charge on any atom is -0.349 e. The van der Waals surface area contributed by atoms with Crippen LogP contribution in [0.2, 0.25) is 5.02 Å². The molecular formula is C22H23ClN4O2S. The monoisotopic (exact) mass is 442 g/mol. The van der Waals surface area contributed by atoms with Crippen LogP contribution in [0.1, 0.15) is 48.4 Å². The molecule has 0 radical (unpaired) electrons. The number of benzene rings is 2. The lowest BCUT2D eigenvalue weighted by atomic mass is 10.0. The molecule has 0 unspecified atom stereocenters. The topological polar surface area (TPSA) is 75.2 Å². The van der Waals surface area contributed by atoms with Gasteiger partial charge in [-0.15, -0.1) is 5.10 Å². The number of aromatic nitrogens is 2. The van der Waals surface area contributed by atoms with Crippen LogP contribution in [0.25, 0.3) is 0 Å². The lowest BCUT2D eigenvalue weighted by molar-refractivity contribution is -0.123. The van der Waals surface area contributed by atoms with Crippen LogP contribution in [0.3, 0.4) is 0 Å². The predicted molar refractivity (Wildman–Crippen MR) is 120 cm³/mol. The highest BCUT2D eigenvalue weighted by molar-refractivity contribution is 7.03. The third kappa shape index (κ3) is 5.23. The Bertz CT molecular complexity index is 1010. The van der Waals surface area contributed by atoms with Crippen molar-refractivity contribution in [2.24, 2.45) is 0 Å². The summed E-state index contributed by atoms with van der Waals surface area (Å²) in [7, 11) is 0. The molecule has 0 spiro atoms. The molecule has 0 aliphatic heterocycles. The average molecular weight is 443 g/mol. The fourth-order valence-electron chi connectivity index (χ4n) is 2.97. The molecule has 3 aromatic rings. The normalized spacial score (nSPS) is 12.3. The van der Waals surface area contributed by atoms with Gasteiger partial charge in [-0.05, 0) is 69.1 Å². The number of rotatable bonds is 5. The van der Waals surface area contributed by atoms with Gasteiger partial charge in [0, 0.05) is 21.6 Å². The van der Waals surface area contributed by atoms with E-state index < -0.39 is 17.5 Å². The molecule has 30 heavy (non-hydrogen) atoms. The number of hydrogen-bond acceptors (Lipinski definition) is 5. The van der Waals surface area contributed by atoms with Crippen molar-refractivity contribution in [3.63, 3.8) is 0 Å². The summed E-state index contributed by atoms with van der Waals surface area (Å²) in [6, 6.07) is 13.4. The second kappa shape index (κ2) is 8.93. The summed E-state index contributed by atoms with van der Waals surface area (Å²) in [6.07, 6.45) is 0. The van der Waals surface area contributed by atoms with E-state index in [1.165, 1.54) is 4.90 Å². The van der Waals surface area contributed by atoms with Crippen molar-refractivity contribution in [2.45, 2.75) is 39.3 Å². The summed E-state index contributed by atoms with van der Waals surface area (Å²) in [6.45, 7) is 7.65. The second-order valence-corrected chi connectivity index (χ2v) is 9.04. The number of hydrogen-bond donors (Lipinski definition) is 1. The van der Waals surface area contributed by atoms with E-state index >= 15 is 0 Å². The van der Waals surface area contributed by atoms with Crippen molar-refractivity contribution < 1.29 is 9.59 Å². The summed E-state index contributed by atoms with van der Waals surface area (Å²) < 4.78 is 3.81. The SMILES string of the molecule is Cc1ccc(N(C(=O)c2csnn2)[C@@H](C(=O)NC(C)(C)C)c2ccc(Cl)cc2)cc1. The van der Waals surface area contributed by atoms with Gasteiger partial charge >= 0.3 is 0 Å². The molecule has 2 amide bonds. The van der Waals surface area contributed by atoms with Crippen LogP contribution in [0.15, 0.2) is 53.9 Å². The number of aryl methyl sites for hydroxylation is 1. The number of nitrogens with zero attached hydrogens (tertiary/aromatic N) is 3. The molecule has 6 nitrogen and oxygen atoms in total. The van der Waals surface area contributed by atoms with Gasteiger partial charge in [-0.2, -0.15) is 0 Å². The van der Waals surface area contributed by atoms with Crippen molar-refractivity contribution in [3.8, 4) is 0 Å². The zero-order valence-corrected chi connectivity index (χ0v) is 18.8. The maximum absolute atomic E-state index is 13.5. The van der Waals surface area contributed by atoms with Gasteiger partial charge in [0.2, 0.25) is 5.91 Å². The number of nitrogens with one attached hydrogen (secondary N) is 1. The molecule has 8 heteroatoms. The van der Waals surface area contributed by atoms with Crippen molar-refractivity contribution in [1.29, 1.82) is 0 Å². The molecule has 0 aliphatic rings. The molecule has 0 bridgehead atoms. The number of carbonyl (C=O) groups is 2. The summed E-state index contributed by atoms with van der Waals surface area (Å²) in [4.78, 5) is 28.4. The standard InChI is InChI=1S/C22H23ClN4O2S/c1-14-5-11-17(12-6-14)27(21(29)18-13-30-26-25-18)19(20(28)24-22(2,3)4)15-7-9-16(23)10-8-15/h5-13,19H,1-4H3,(H,24,28)/t19-/m1/s1. The van der Waals surface area contributed by atoms with Gasteiger partial charge in [0.25, 0.3) is 5.91 Å². The maximum atomic E-state index is 13.5. The molecule has 1 atom stereocenters. The Morgan fingerprint density at radius 3 is 2.23 bits per heavy atom. The van der Waals surface area contributed by atoms with Gasteiger partial charge in [-0.3, -0.25) is 14.5 Å². The molecule has 2 aromatic carbocycles. The van der Waals surface area contributed by atoms with Crippen LogP contribution in [0, 0.1) is 6.92 Å². The molecule has 1 heterocycles. The van der Waals surface area contributed by atoms with Crippen molar-refractivity contribution in [3.05, 3.63) is 75.8 Å². The Morgan fingerprint density at radius 1 is 1.07 bits per heavy atom. The Labute approximate surface area is 185 Å².